The molecule has 10 heteroatoms. The van der Waals surface area contributed by atoms with Gasteiger partial charge in [0, 0.05) is 10.7 Å². The number of H-pyrrole nitrogens is 1. The number of carbonyl (C=O) groups is 1. The number of rotatable bonds is 5. The molecular weight excluding hydrogens is 328 g/mol. The van der Waals surface area contributed by atoms with E-state index in [-0.39, 0.29) is 0 Å². The van der Waals surface area contributed by atoms with E-state index in [0.29, 0.717) is 10.7 Å². The number of halogens is 1. The standard InChI is InChI=1S/C13H11ClN4O5/c1-7-4-8(14)2-3-9(7)17-10(19)5-23-13-11(18(21)22)12(20)15-6-16-13/h2-4,6H,5H2,1H3,(H,17,19)(H,15,16,20). The number of nitrogens with one attached hydrogen (secondary N) is 2. The van der Waals surface area contributed by atoms with Crippen LogP contribution in [0.2, 0.25) is 5.02 Å². The highest BCUT2D eigenvalue weighted by atomic mass is 35.5. The predicted molar refractivity (Wildman–Crippen MR) is 81.8 cm³/mol. The Morgan fingerprint density at radius 2 is 2.26 bits per heavy atom. The summed E-state index contributed by atoms with van der Waals surface area (Å²) in [4.78, 5) is 38.7. The second-order valence-electron chi connectivity index (χ2n) is 4.44. The summed E-state index contributed by atoms with van der Waals surface area (Å²) in [5.41, 5.74) is -0.556. The zero-order valence-corrected chi connectivity index (χ0v) is 12.6. The second kappa shape index (κ2) is 6.88. The molecule has 0 saturated heterocycles. The number of benzene rings is 1. The highest BCUT2D eigenvalue weighted by Gasteiger charge is 2.22. The third kappa shape index (κ3) is 4.04. The number of aromatic amines is 1. The first-order chi connectivity index (χ1) is 10.9. The number of hydrogen-bond donors (Lipinski definition) is 2. The van der Waals surface area contributed by atoms with Gasteiger partial charge in [-0.15, -0.1) is 0 Å². The van der Waals surface area contributed by atoms with Gasteiger partial charge in [0.1, 0.15) is 0 Å². The molecule has 1 heterocycles. The lowest BCUT2D eigenvalue weighted by molar-refractivity contribution is -0.387. The molecule has 0 aliphatic carbocycles. The lowest BCUT2D eigenvalue weighted by Crippen LogP contribution is -2.22. The Bertz CT molecular complexity index is 820. The number of amides is 1. The number of aromatic nitrogens is 2. The van der Waals surface area contributed by atoms with Crippen molar-refractivity contribution in [1.82, 2.24) is 9.97 Å². The summed E-state index contributed by atoms with van der Waals surface area (Å²) >= 11 is 5.81. The molecule has 2 N–H and O–H groups in total. The Morgan fingerprint density at radius 1 is 1.52 bits per heavy atom. The monoisotopic (exact) mass is 338 g/mol. The summed E-state index contributed by atoms with van der Waals surface area (Å²) in [5, 5.41) is 13.9. The number of anilines is 1. The Labute approximate surface area is 134 Å². The first kappa shape index (κ1) is 16.4. The molecule has 0 aliphatic heterocycles. The quantitative estimate of drug-likeness (QED) is 0.630. The maximum atomic E-state index is 11.8. The molecule has 0 atom stereocenters. The molecule has 1 aromatic heterocycles. The van der Waals surface area contributed by atoms with E-state index in [0.717, 1.165) is 11.9 Å². The van der Waals surface area contributed by atoms with Crippen molar-refractivity contribution in [3.63, 3.8) is 0 Å². The summed E-state index contributed by atoms with van der Waals surface area (Å²) < 4.78 is 4.97. The van der Waals surface area contributed by atoms with E-state index in [9.17, 15) is 19.7 Å². The van der Waals surface area contributed by atoms with Crippen LogP contribution in [-0.2, 0) is 4.79 Å². The van der Waals surface area contributed by atoms with E-state index in [1.54, 1.807) is 25.1 Å². The van der Waals surface area contributed by atoms with Crippen molar-refractivity contribution in [2.24, 2.45) is 0 Å². The van der Waals surface area contributed by atoms with Crippen LogP contribution in [0.3, 0.4) is 0 Å². The number of aryl methyl sites for hydroxylation is 1. The molecule has 1 aromatic carbocycles. The minimum Gasteiger partial charge on any atom is -0.462 e. The average molecular weight is 339 g/mol. The van der Waals surface area contributed by atoms with Crippen molar-refractivity contribution < 1.29 is 14.5 Å². The first-order valence-corrected chi connectivity index (χ1v) is 6.67. The molecule has 9 nitrogen and oxygen atoms in total. The first-order valence-electron chi connectivity index (χ1n) is 6.29. The van der Waals surface area contributed by atoms with Crippen molar-refractivity contribution in [3.8, 4) is 5.88 Å². The molecule has 0 fully saturated rings. The molecule has 2 rings (SSSR count). The Morgan fingerprint density at radius 3 is 2.91 bits per heavy atom. The van der Waals surface area contributed by atoms with Gasteiger partial charge in [-0.3, -0.25) is 19.7 Å². The second-order valence-corrected chi connectivity index (χ2v) is 4.88. The number of nitrogens with zero attached hydrogens (tertiary/aromatic N) is 2. The Hall–Kier alpha value is -2.94. The molecular formula is C13H11ClN4O5. The maximum Gasteiger partial charge on any atom is 0.395 e. The van der Waals surface area contributed by atoms with Crippen LogP contribution in [0.4, 0.5) is 11.4 Å². The predicted octanol–water partition coefficient (Wildman–Crippen LogP) is 1.66. The molecule has 23 heavy (non-hydrogen) atoms. The fourth-order valence-corrected chi connectivity index (χ4v) is 1.96. The maximum absolute atomic E-state index is 11.8. The van der Waals surface area contributed by atoms with Crippen molar-refractivity contribution in [2.75, 3.05) is 11.9 Å². The smallest absolute Gasteiger partial charge is 0.395 e. The van der Waals surface area contributed by atoms with Crippen molar-refractivity contribution >= 4 is 28.9 Å². The lowest BCUT2D eigenvalue weighted by Gasteiger charge is -2.09. The van der Waals surface area contributed by atoms with Crippen LogP contribution in [0.5, 0.6) is 5.88 Å². The zero-order valence-electron chi connectivity index (χ0n) is 11.8. The van der Waals surface area contributed by atoms with Gasteiger partial charge >= 0.3 is 17.1 Å². The highest BCUT2D eigenvalue weighted by Crippen LogP contribution is 2.20. The summed E-state index contributed by atoms with van der Waals surface area (Å²) in [6, 6.07) is 4.89. The van der Waals surface area contributed by atoms with E-state index in [2.05, 4.69) is 15.3 Å². The molecule has 2 aromatic rings. The van der Waals surface area contributed by atoms with Gasteiger partial charge in [0.15, 0.2) is 6.61 Å². The third-order valence-corrected chi connectivity index (χ3v) is 3.02. The normalized spacial score (nSPS) is 10.2. The fourth-order valence-electron chi connectivity index (χ4n) is 1.73. The Balaban J connectivity index is 2.07. The molecule has 0 aliphatic rings. The molecule has 0 unspecified atom stereocenters. The SMILES string of the molecule is Cc1cc(Cl)ccc1NC(=O)COc1nc[nH]c(=O)c1[N+](=O)[O-]. The fraction of sp³-hybridized carbons (Fsp3) is 0.154. The number of hydrogen-bond acceptors (Lipinski definition) is 6. The van der Waals surface area contributed by atoms with Crippen LogP contribution in [0.1, 0.15) is 5.56 Å². The molecule has 120 valence electrons. The van der Waals surface area contributed by atoms with Crippen LogP contribution in [-0.4, -0.2) is 27.4 Å². The number of carbonyl (C=O) groups excluding carboxylic acids is 1. The third-order valence-electron chi connectivity index (χ3n) is 2.78. The van der Waals surface area contributed by atoms with E-state index in [1.165, 1.54) is 0 Å². The molecule has 0 bridgehead atoms. The lowest BCUT2D eigenvalue weighted by atomic mass is 10.2. The topological polar surface area (TPSA) is 127 Å². The van der Waals surface area contributed by atoms with Gasteiger partial charge in [0.05, 0.1) is 11.3 Å². The molecule has 1 amide bonds. The van der Waals surface area contributed by atoms with Gasteiger partial charge < -0.3 is 15.0 Å². The van der Waals surface area contributed by atoms with Gasteiger partial charge in [0.25, 0.3) is 5.91 Å². The van der Waals surface area contributed by atoms with Gasteiger partial charge in [-0.25, -0.2) is 0 Å². The highest BCUT2D eigenvalue weighted by molar-refractivity contribution is 6.30. The summed E-state index contributed by atoms with van der Waals surface area (Å²) in [6.07, 6.45) is 0.950. The minimum atomic E-state index is -0.964. The van der Waals surface area contributed by atoms with Crippen LogP contribution in [0.15, 0.2) is 29.3 Å². The van der Waals surface area contributed by atoms with Gasteiger partial charge in [-0.2, -0.15) is 4.98 Å². The average Bonchev–Trinajstić information content (AvgIpc) is 2.47. The van der Waals surface area contributed by atoms with E-state index >= 15 is 0 Å². The minimum absolute atomic E-state index is 0.524. The number of ether oxygens (including phenoxy) is 1. The summed E-state index contributed by atoms with van der Waals surface area (Å²) in [5.74, 6) is -1.09. The number of nitro groups is 1. The van der Waals surface area contributed by atoms with Crippen molar-refractivity contribution in [1.29, 1.82) is 0 Å². The Kier molecular flexibility index (Phi) is 4.91. The molecule has 0 saturated carbocycles. The molecule has 0 spiro atoms. The van der Waals surface area contributed by atoms with Crippen LogP contribution >= 0.6 is 11.6 Å². The summed E-state index contributed by atoms with van der Waals surface area (Å²) in [7, 11) is 0. The largest absolute Gasteiger partial charge is 0.462 e. The van der Waals surface area contributed by atoms with E-state index in [4.69, 9.17) is 16.3 Å². The van der Waals surface area contributed by atoms with Crippen LogP contribution in [0, 0.1) is 17.0 Å². The van der Waals surface area contributed by atoms with Crippen molar-refractivity contribution in [2.45, 2.75) is 6.92 Å². The van der Waals surface area contributed by atoms with Gasteiger partial charge in [0.2, 0.25) is 0 Å². The van der Waals surface area contributed by atoms with Gasteiger partial charge in [-0.05, 0) is 30.7 Å². The summed E-state index contributed by atoms with van der Waals surface area (Å²) in [6.45, 7) is 1.21. The van der Waals surface area contributed by atoms with Crippen LogP contribution in [0.25, 0.3) is 0 Å². The van der Waals surface area contributed by atoms with Gasteiger partial charge in [-0.1, -0.05) is 11.6 Å². The van der Waals surface area contributed by atoms with Crippen LogP contribution < -0.4 is 15.6 Å². The molecule has 0 radical (unpaired) electrons. The zero-order chi connectivity index (χ0) is 17.0. The van der Waals surface area contributed by atoms with Crippen molar-refractivity contribution in [3.05, 3.63) is 55.6 Å². The van der Waals surface area contributed by atoms with E-state index in [1.807, 2.05) is 0 Å². The van der Waals surface area contributed by atoms with E-state index < -0.39 is 34.6 Å².